The number of nitrogens with zero attached hydrogens (tertiary/aromatic N) is 2. The first-order chi connectivity index (χ1) is 7.93. The summed E-state index contributed by atoms with van der Waals surface area (Å²) in [5, 5.41) is 4.00. The molecule has 1 heterocycles. The van der Waals surface area contributed by atoms with Crippen LogP contribution >= 0.6 is 22.9 Å². The van der Waals surface area contributed by atoms with Gasteiger partial charge in [0.1, 0.15) is 0 Å². The molecule has 0 spiro atoms. The van der Waals surface area contributed by atoms with E-state index in [9.17, 15) is 4.79 Å². The maximum Gasteiger partial charge on any atom is 0.351 e. The number of esters is 1. The second-order valence-electron chi connectivity index (χ2n) is 3.94. The largest absolute Gasteiger partial charge is 0.465 e. The lowest BCUT2D eigenvalue weighted by atomic mass is 10.3. The summed E-state index contributed by atoms with van der Waals surface area (Å²) in [7, 11) is 5.31. The topological polar surface area (TPSA) is 54.5 Å². The van der Waals surface area contributed by atoms with Crippen LogP contribution in [-0.4, -0.2) is 49.6 Å². The van der Waals surface area contributed by atoms with E-state index in [4.69, 9.17) is 11.6 Å². The van der Waals surface area contributed by atoms with Gasteiger partial charge in [0, 0.05) is 12.6 Å². The maximum atomic E-state index is 11.3. The molecule has 0 saturated heterocycles. The van der Waals surface area contributed by atoms with Crippen molar-refractivity contribution in [3.8, 4) is 0 Å². The van der Waals surface area contributed by atoms with E-state index in [1.54, 1.807) is 0 Å². The molecular formula is C10H16ClN3O2S. The average Bonchev–Trinajstić information content (AvgIpc) is 2.56. The quantitative estimate of drug-likeness (QED) is 0.834. The minimum absolute atomic E-state index is 0.182. The molecule has 1 N–H and O–H groups in total. The normalized spacial score (nSPS) is 12.6. The molecule has 1 atom stereocenters. The summed E-state index contributed by atoms with van der Waals surface area (Å²) in [5.74, 6) is -0.458. The van der Waals surface area contributed by atoms with Crippen LogP contribution in [-0.2, 0) is 4.74 Å². The van der Waals surface area contributed by atoms with Crippen molar-refractivity contribution in [3.05, 3.63) is 10.0 Å². The molecule has 7 heteroatoms. The average molecular weight is 278 g/mol. The van der Waals surface area contributed by atoms with Crippen molar-refractivity contribution in [3.63, 3.8) is 0 Å². The van der Waals surface area contributed by atoms with Crippen LogP contribution in [0.1, 0.15) is 16.6 Å². The number of carbonyl (C=O) groups excluding carboxylic acids is 1. The Hall–Kier alpha value is -0.850. The molecular weight excluding hydrogens is 262 g/mol. The zero-order chi connectivity index (χ0) is 13.0. The fourth-order valence-electron chi connectivity index (χ4n) is 1.39. The number of likely N-dealkylation sites (N-methyl/N-ethyl adjacent to an activating group) is 1. The van der Waals surface area contributed by atoms with Gasteiger partial charge in [-0.1, -0.05) is 22.9 Å². The van der Waals surface area contributed by atoms with Gasteiger partial charge in [-0.15, -0.1) is 0 Å². The molecule has 0 amide bonds. The van der Waals surface area contributed by atoms with Crippen LogP contribution in [0.4, 0.5) is 5.13 Å². The summed E-state index contributed by atoms with van der Waals surface area (Å²) >= 11 is 7.06. The molecule has 1 aromatic rings. The SMILES string of the molecule is COC(=O)c1sc(NC(C)CN(C)C)nc1Cl. The Kier molecular flexibility index (Phi) is 5.17. The Labute approximate surface area is 110 Å². The van der Waals surface area contributed by atoms with Gasteiger partial charge in [0.25, 0.3) is 0 Å². The van der Waals surface area contributed by atoms with Crippen molar-refractivity contribution >= 4 is 34.0 Å². The van der Waals surface area contributed by atoms with Gasteiger partial charge in [-0.3, -0.25) is 0 Å². The van der Waals surface area contributed by atoms with E-state index < -0.39 is 5.97 Å². The Morgan fingerprint density at radius 2 is 2.29 bits per heavy atom. The summed E-state index contributed by atoms with van der Waals surface area (Å²) in [6.07, 6.45) is 0. The highest BCUT2D eigenvalue weighted by Crippen LogP contribution is 2.27. The summed E-state index contributed by atoms with van der Waals surface area (Å²) in [4.78, 5) is 17.8. The first-order valence-electron chi connectivity index (χ1n) is 5.10. The van der Waals surface area contributed by atoms with E-state index in [0.29, 0.717) is 10.0 Å². The molecule has 5 nitrogen and oxygen atoms in total. The molecule has 0 bridgehead atoms. The fourth-order valence-corrected chi connectivity index (χ4v) is 2.60. The van der Waals surface area contributed by atoms with Crippen molar-refractivity contribution < 1.29 is 9.53 Å². The minimum atomic E-state index is -0.458. The molecule has 17 heavy (non-hydrogen) atoms. The second kappa shape index (κ2) is 6.18. The van der Waals surface area contributed by atoms with Crippen LogP contribution < -0.4 is 5.32 Å². The number of carbonyl (C=O) groups is 1. The third-order valence-corrected chi connectivity index (χ3v) is 3.32. The second-order valence-corrected chi connectivity index (χ2v) is 5.30. The molecule has 96 valence electrons. The Bertz CT molecular complexity index is 395. The Morgan fingerprint density at radius 1 is 1.65 bits per heavy atom. The van der Waals surface area contributed by atoms with Crippen molar-refractivity contribution in [2.75, 3.05) is 33.1 Å². The summed E-state index contributed by atoms with van der Waals surface area (Å²) in [6.45, 7) is 2.90. The molecule has 1 unspecified atom stereocenters. The van der Waals surface area contributed by atoms with Crippen LogP contribution in [0.25, 0.3) is 0 Å². The molecule has 0 aliphatic heterocycles. The van der Waals surface area contributed by atoms with Gasteiger partial charge in [-0.25, -0.2) is 9.78 Å². The third-order valence-electron chi connectivity index (χ3n) is 1.97. The lowest BCUT2D eigenvalue weighted by molar-refractivity contribution is 0.0606. The van der Waals surface area contributed by atoms with Gasteiger partial charge in [0.05, 0.1) is 7.11 Å². The number of nitrogens with one attached hydrogen (secondary N) is 1. The standard InChI is InChI=1S/C10H16ClN3O2S/c1-6(5-14(2)3)12-10-13-8(11)7(17-10)9(15)16-4/h6H,5H2,1-4H3,(H,12,13). The first kappa shape index (κ1) is 14.2. The van der Waals surface area contributed by atoms with Gasteiger partial charge in [0.15, 0.2) is 15.2 Å². The maximum absolute atomic E-state index is 11.3. The van der Waals surface area contributed by atoms with Crippen LogP contribution in [0.5, 0.6) is 0 Å². The fraction of sp³-hybridized carbons (Fsp3) is 0.600. The van der Waals surface area contributed by atoms with E-state index in [1.165, 1.54) is 18.4 Å². The van der Waals surface area contributed by atoms with Crippen molar-refractivity contribution in [1.29, 1.82) is 0 Å². The van der Waals surface area contributed by atoms with E-state index in [0.717, 1.165) is 6.54 Å². The van der Waals surface area contributed by atoms with Gasteiger partial charge in [0.2, 0.25) is 0 Å². The number of anilines is 1. The highest BCUT2D eigenvalue weighted by molar-refractivity contribution is 7.18. The Balaban J connectivity index is 2.70. The van der Waals surface area contributed by atoms with E-state index in [2.05, 4.69) is 19.9 Å². The number of methoxy groups -OCH3 is 1. The molecule has 0 aliphatic rings. The molecule has 0 fully saturated rings. The first-order valence-corrected chi connectivity index (χ1v) is 6.29. The van der Waals surface area contributed by atoms with E-state index >= 15 is 0 Å². The number of aromatic nitrogens is 1. The number of halogens is 1. The van der Waals surface area contributed by atoms with Gasteiger partial charge >= 0.3 is 5.97 Å². The Morgan fingerprint density at radius 3 is 2.82 bits per heavy atom. The monoisotopic (exact) mass is 277 g/mol. The van der Waals surface area contributed by atoms with Crippen molar-refractivity contribution in [1.82, 2.24) is 9.88 Å². The van der Waals surface area contributed by atoms with Crippen molar-refractivity contribution in [2.24, 2.45) is 0 Å². The van der Waals surface area contributed by atoms with Gasteiger partial charge < -0.3 is 15.0 Å². The molecule has 0 aromatic carbocycles. The van der Waals surface area contributed by atoms with Crippen molar-refractivity contribution in [2.45, 2.75) is 13.0 Å². The summed E-state index contributed by atoms with van der Waals surface area (Å²) in [5.41, 5.74) is 0. The highest BCUT2D eigenvalue weighted by Gasteiger charge is 2.18. The van der Waals surface area contributed by atoms with Crippen LogP contribution in [0, 0.1) is 0 Å². The van der Waals surface area contributed by atoms with Gasteiger partial charge in [-0.05, 0) is 21.0 Å². The zero-order valence-corrected chi connectivity index (χ0v) is 11.9. The molecule has 1 rings (SSSR count). The molecule has 0 aliphatic carbocycles. The molecule has 0 radical (unpaired) electrons. The number of hydrogen-bond acceptors (Lipinski definition) is 6. The number of rotatable bonds is 5. The number of thiazole rings is 1. The smallest absolute Gasteiger partial charge is 0.351 e. The van der Waals surface area contributed by atoms with Gasteiger partial charge in [-0.2, -0.15) is 0 Å². The van der Waals surface area contributed by atoms with E-state index in [-0.39, 0.29) is 11.2 Å². The minimum Gasteiger partial charge on any atom is -0.465 e. The lowest BCUT2D eigenvalue weighted by Crippen LogP contribution is -2.29. The predicted octanol–water partition coefficient (Wildman–Crippen LogP) is 1.95. The third kappa shape index (κ3) is 4.14. The number of hydrogen-bond donors (Lipinski definition) is 1. The molecule has 0 saturated carbocycles. The number of ether oxygens (including phenoxy) is 1. The predicted molar refractivity (Wildman–Crippen MR) is 70.1 cm³/mol. The summed E-state index contributed by atoms with van der Waals surface area (Å²) < 4.78 is 4.61. The van der Waals surface area contributed by atoms with Crippen LogP contribution in [0.15, 0.2) is 0 Å². The highest BCUT2D eigenvalue weighted by atomic mass is 35.5. The van der Waals surface area contributed by atoms with Crippen LogP contribution in [0.3, 0.4) is 0 Å². The van der Waals surface area contributed by atoms with Crippen LogP contribution in [0.2, 0.25) is 5.15 Å². The molecule has 1 aromatic heterocycles. The van der Waals surface area contributed by atoms with E-state index in [1.807, 2.05) is 21.0 Å². The lowest BCUT2D eigenvalue weighted by Gasteiger charge is -2.17. The zero-order valence-electron chi connectivity index (χ0n) is 10.3. The summed E-state index contributed by atoms with van der Waals surface area (Å²) in [6, 6.07) is 0.220.